The molecule has 31 heavy (non-hydrogen) atoms. The van der Waals surface area contributed by atoms with Gasteiger partial charge in [-0.3, -0.25) is 0 Å². The first-order chi connectivity index (χ1) is 15.0. The van der Waals surface area contributed by atoms with Gasteiger partial charge in [-0.2, -0.15) is 0 Å². The zero-order chi connectivity index (χ0) is 21.2. The molecule has 0 aromatic heterocycles. The zero-order valence-electron chi connectivity index (χ0n) is 20.1. The summed E-state index contributed by atoms with van der Waals surface area (Å²) in [4.78, 5) is 0. The molecule has 0 bridgehead atoms. The van der Waals surface area contributed by atoms with Crippen LogP contribution in [0.2, 0.25) is 0 Å². The van der Waals surface area contributed by atoms with E-state index in [1.165, 1.54) is 77.0 Å². The summed E-state index contributed by atoms with van der Waals surface area (Å²) in [6.07, 6.45) is 15.3. The van der Waals surface area contributed by atoms with E-state index < -0.39 is 0 Å². The topological polar surface area (TPSA) is 55.4 Å². The first-order valence-electron chi connectivity index (χ1n) is 12.5. The Kier molecular flexibility index (Phi) is 30.0. The third-order valence-corrected chi connectivity index (χ3v) is 4.96. The van der Waals surface area contributed by atoms with Gasteiger partial charge in [-0.25, -0.2) is 0 Å². The second kappa shape index (κ2) is 29.1. The van der Waals surface area contributed by atoms with Crippen LogP contribution in [0.4, 0.5) is 0 Å². The Balaban J connectivity index is 0.000000346. The molecular formula is C24H48CaO6+2. The maximum absolute atomic E-state index is 4.94. The molecule has 6 heterocycles. The van der Waals surface area contributed by atoms with E-state index in [-0.39, 0.29) is 37.7 Å². The third kappa shape index (κ3) is 27.1. The van der Waals surface area contributed by atoms with E-state index in [9.17, 15) is 0 Å². The Labute approximate surface area is 221 Å². The molecule has 0 aromatic rings. The van der Waals surface area contributed by atoms with Gasteiger partial charge in [0, 0.05) is 79.3 Å². The average Bonchev–Trinajstić information content (AvgIpc) is 3.69. The van der Waals surface area contributed by atoms with E-state index in [0.717, 1.165) is 79.3 Å². The van der Waals surface area contributed by atoms with Crippen LogP contribution in [0.5, 0.6) is 0 Å². The molecule has 0 radical (unpaired) electrons. The fraction of sp³-hybridized carbons (Fsp3) is 1.00. The molecule has 0 aliphatic carbocycles. The van der Waals surface area contributed by atoms with Crippen molar-refractivity contribution in [3.8, 4) is 0 Å². The molecular weight excluding hydrogens is 424 g/mol. The van der Waals surface area contributed by atoms with Gasteiger partial charge in [0.15, 0.2) is 0 Å². The van der Waals surface area contributed by atoms with E-state index in [4.69, 9.17) is 28.4 Å². The fourth-order valence-electron chi connectivity index (χ4n) is 3.06. The minimum Gasteiger partial charge on any atom is -0.381 e. The largest absolute Gasteiger partial charge is 2.00 e. The molecule has 0 aromatic carbocycles. The van der Waals surface area contributed by atoms with Gasteiger partial charge in [-0.1, -0.05) is 0 Å². The molecule has 0 amide bonds. The van der Waals surface area contributed by atoms with Crippen molar-refractivity contribution in [2.75, 3.05) is 79.3 Å². The number of hydrogen-bond donors (Lipinski definition) is 0. The standard InChI is InChI=1S/6C4H8O.Ca/c6*1-2-4-5-3-1;/h6*1-4H2;/q;;;;;;+2. The summed E-state index contributed by atoms with van der Waals surface area (Å²) in [5.41, 5.74) is 0. The van der Waals surface area contributed by atoms with E-state index in [1.807, 2.05) is 0 Å². The molecule has 0 saturated carbocycles. The minimum atomic E-state index is 0. The van der Waals surface area contributed by atoms with Crippen LogP contribution in [-0.4, -0.2) is 117 Å². The quantitative estimate of drug-likeness (QED) is 0.487. The molecule has 0 atom stereocenters. The monoisotopic (exact) mass is 472 g/mol. The summed E-state index contributed by atoms with van der Waals surface area (Å²) in [5.74, 6) is 0. The molecule has 0 spiro atoms. The Morgan fingerprint density at radius 2 is 0.290 bits per heavy atom. The van der Waals surface area contributed by atoms with Crippen LogP contribution in [0.1, 0.15) is 77.0 Å². The molecule has 6 rings (SSSR count). The Bertz CT molecular complexity index is 175. The number of rotatable bonds is 0. The Morgan fingerprint density at radius 3 is 0.323 bits per heavy atom. The van der Waals surface area contributed by atoms with Gasteiger partial charge in [-0.15, -0.1) is 0 Å². The van der Waals surface area contributed by atoms with Gasteiger partial charge >= 0.3 is 37.7 Å². The fourth-order valence-corrected chi connectivity index (χ4v) is 3.06. The normalized spacial score (nSPS) is 23.2. The van der Waals surface area contributed by atoms with Gasteiger partial charge in [-0.05, 0) is 77.0 Å². The number of ether oxygens (including phenoxy) is 6. The summed E-state index contributed by atoms with van der Waals surface area (Å²) >= 11 is 0. The summed E-state index contributed by atoms with van der Waals surface area (Å²) < 4.78 is 29.7. The van der Waals surface area contributed by atoms with E-state index in [0.29, 0.717) is 0 Å². The Morgan fingerprint density at radius 1 is 0.194 bits per heavy atom. The first kappa shape index (κ1) is 32.0. The predicted octanol–water partition coefficient (Wildman–Crippen LogP) is 4.40. The second-order valence-corrected chi connectivity index (χ2v) is 7.92. The molecule has 0 N–H and O–H groups in total. The van der Waals surface area contributed by atoms with E-state index in [2.05, 4.69) is 0 Å². The molecule has 6 aliphatic rings. The minimum absolute atomic E-state index is 0. The average molecular weight is 473 g/mol. The maximum atomic E-state index is 4.94. The molecule has 0 unspecified atom stereocenters. The molecule has 7 heteroatoms. The zero-order valence-corrected chi connectivity index (χ0v) is 22.3. The van der Waals surface area contributed by atoms with Crippen molar-refractivity contribution in [2.45, 2.75) is 77.0 Å². The van der Waals surface area contributed by atoms with Gasteiger partial charge < -0.3 is 28.4 Å². The second-order valence-electron chi connectivity index (χ2n) is 7.92. The summed E-state index contributed by atoms with van der Waals surface area (Å²) in [5, 5.41) is 0. The molecule has 6 saturated heterocycles. The van der Waals surface area contributed by atoms with Crippen LogP contribution < -0.4 is 0 Å². The van der Waals surface area contributed by atoms with Crippen molar-refractivity contribution >= 4 is 37.7 Å². The smallest absolute Gasteiger partial charge is 0.381 e. The third-order valence-electron chi connectivity index (χ3n) is 4.96. The molecule has 6 aliphatic heterocycles. The van der Waals surface area contributed by atoms with Gasteiger partial charge in [0.05, 0.1) is 0 Å². The van der Waals surface area contributed by atoms with Gasteiger partial charge in [0.2, 0.25) is 0 Å². The van der Waals surface area contributed by atoms with Crippen LogP contribution in [0, 0.1) is 0 Å². The predicted molar refractivity (Wildman–Crippen MR) is 126 cm³/mol. The van der Waals surface area contributed by atoms with E-state index >= 15 is 0 Å². The first-order valence-corrected chi connectivity index (χ1v) is 12.5. The molecule has 6 nitrogen and oxygen atoms in total. The SMILES string of the molecule is C1CCOC1.C1CCOC1.C1CCOC1.C1CCOC1.C1CCOC1.C1CCOC1.[Ca+2]. The van der Waals surface area contributed by atoms with Crippen molar-refractivity contribution in [1.29, 1.82) is 0 Å². The van der Waals surface area contributed by atoms with Gasteiger partial charge in [0.1, 0.15) is 0 Å². The molecule has 180 valence electrons. The van der Waals surface area contributed by atoms with Crippen LogP contribution in [0.3, 0.4) is 0 Å². The number of hydrogen-bond acceptors (Lipinski definition) is 6. The van der Waals surface area contributed by atoms with Crippen molar-refractivity contribution in [3.05, 3.63) is 0 Å². The molecule has 6 fully saturated rings. The maximum Gasteiger partial charge on any atom is 2.00 e. The van der Waals surface area contributed by atoms with E-state index in [1.54, 1.807) is 0 Å². The van der Waals surface area contributed by atoms with Gasteiger partial charge in [0.25, 0.3) is 0 Å². The summed E-state index contributed by atoms with van der Waals surface area (Å²) in [6, 6.07) is 0. The van der Waals surface area contributed by atoms with Crippen LogP contribution >= 0.6 is 0 Å². The van der Waals surface area contributed by atoms with Crippen LogP contribution in [-0.2, 0) is 28.4 Å². The van der Waals surface area contributed by atoms with Crippen molar-refractivity contribution in [3.63, 3.8) is 0 Å². The van der Waals surface area contributed by atoms with Crippen molar-refractivity contribution in [2.24, 2.45) is 0 Å². The van der Waals surface area contributed by atoms with Crippen molar-refractivity contribution in [1.82, 2.24) is 0 Å². The Hall–Kier alpha value is 1.02. The summed E-state index contributed by atoms with van der Waals surface area (Å²) in [7, 11) is 0. The summed E-state index contributed by atoms with van der Waals surface area (Å²) in [6.45, 7) is 12.0. The van der Waals surface area contributed by atoms with Crippen LogP contribution in [0.25, 0.3) is 0 Å². The van der Waals surface area contributed by atoms with Crippen molar-refractivity contribution < 1.29 is 28.4 Å². The van der Waals surface area contributed by atoms with Crippen LogP contribution in [0.15, 0.2) is 0 Å².